The predicted octanol–water partition coefficient (Wildman–Crippen LogP) is 9.85. The van der Waals surface area contributed by atoms with E-state index in [-0.39, 0.29) is 18.8 Å². The quantitative estimate of drug-likeness (QED) is 0.149. The lowest BCUT2D eigenvalue weighted by atomic mass is 9.78. The van der Waals surface area contributed by atoms with Crippen LogP contribution in [-0.4, -0.2) is 12.3 Å². The van der Waals surface area contributed by atoms with E-state index in [1.807, 2.05) is 0 Å². The molecule has 0 heterocycles. The van der Waals surface area contributed by atoms with E-state index in [1.165, 1.54) is 17.9 Å². The number of benzene rings is 3. The highest BCUT2D eigenvalue weighted by molar-refractivity contribution is 5.87. The first kappa shape index (κ1) is 29.7. The summed E-state index contributed by atoms with van der Waals surface area (Å²) in [5.41, 5.74) is 1.08. The van der Waals surface area contributed by atoms with Gasteiger partial charge in [0, 0.05) is 12.0 Å². The Labute approximate surface area is 227 Å². The van der Waals surface area contributed by atoms with Crippen molar-refractivity contribution >= 4 is 10.8 Å². The van der Waals surface area contributed by atoms with E-state index < -0.39 is 57.7 Å². The normalized spacial score (nSPS) is 17.9. The fraction of sp³-hybridized carbons (Fsp3) is 0.419. The van der Waals surface area contributed by atoms with E-state index in [0.717, 1.165) is 36.8 Å². The highest BCUT2D eigenvalue weighted by Gasteiger charge is 2.44. The number of aryl methyl sites for hydroxylation is 1. The zero-order valence-electron chi connectivity index (χ0n) is 21.8. The summed E-state index contributed by atoms with van der Waals surface area (Å²) < 4.78 is 116. The lowest BCUT2D eigenvalue weighted by Crippen LogP contribution is -2.37. The van der Waals surface area contributed by atoms with Crippen LogP contribution in [0.15, 0.2) is 42.5 Å². The van der Waals surface area contributed by atoms with Crippen LogP contribution in [0.5, 0.6) is 5.75 Å². The number of fused-ring (bicyclic) bond motifs is 1. The molecule has 0 aliphatic heterocycles. The maximum atomic E-state index is 15.1. The second-order valence-electron chi connectivity index (χ2n) is 10.2. The lowest BCUT2D eigenvalue weighted by molar-refractivity contribution is -0.222. The molecule has 0 amide bonds. The van der Waals surface area contributed by atoms with Crippen molar-refractivity contribution < 1.29 is 39.9 Å². The first-order chi connectivity index (χ1) is 18.9. The Balaban J connectivity index is 1.45. The molecule has 0 unspecified atom stereocenters. The molecule has 1 aliphatic carbocycles. The van der Waals surface area contributed by atoms with Gasteiger partial charge >= 0.3 is 12.3 Å². The van der Waals surface area contributed by atoms with Crippen LogP contribution in [0, 0.1) is 35.2 Å². The molecule has 0 saturated heterocycles. The number of unbranched alkanes of at least 4 members (excludes halogenated alkanes) is 2. The van der Waals surface area contributed by atoms with Gasteiger partial charge in [0.1, 0.15) is 17.4 Å². The van der Waals surface area contributed by atoms with Gasteiger partial charge in [-0.3, -0.25) is 0 Å². The van der Waals surface area contributed by atoms with E-state index in [0.29, 0.717) is 25.0 Å². The average molecular weight is 569 g/mol. The molecule has 40 heavy (non-hydrogen) atoms. The fourth-order valence-corrected chi connectivity index (χ4v) is 5.23. The summed E-state index contributed by atoms with van der Waals surface area (Å²) in [6.45, 7) is 2.15. The van der Waals surface area contributed by atoms with Gasteiger partial charge in [0.25, 0.3) is 0 Å². The van der Waals surface area contributed by atoms with Crippen molar-refractivity contribution in [1.82, 2.24) is 0 Å². The Morgan fingerprint density at radius 1 is 0.850 bits per heavy atom. The number of ether oxygens (including phenoxy) is 1. The van der Waals surface area contributed by atoms with Crippen LogP contribution in [0.2, 0.25) is 0 Å². The van der Waals surface area contributed by atoms with Crippen LogP contribution in [0.1, 0.15) is 74.5 Å². The molecule has 3 aromatic rings. The standard InChI is InChI=1S/C31H28F8O/c1-2-3-4-5-19-6-8-20(9-7-19)21-10-12-23(13-11-21)31(38,39)40-24-16-22-17-26(32)25(14-15-30(35,36)37)29(34)28(22)27(33)18-24/h6-9,16-18,21,23H,2-5,10-13H2,1H3. The zero-order chi connectivity index (χ0) is 29.1. The molecule has 1 nitrogen and oxygen atoms in total. The van der Waals surface area contributed by atoms with E-state index in [1.54, 1.807) is 0 Å². The van der Waals surface area contributed by atoms with Crippen molar-refractivity contribution in [3.8, 4) is 17.6 Å². The monoisotopic (exact) mass is 568 g/mol. The Morgan fingerprint density at radius 2 is 1.52 bits per heavy atom. The van der Waals surface area contributed by atoms with Gasteiger partial charge < -0.3 is 4.74 Å². The second kappa shape index (κ2) is 12.1. The van der Waals surface area contributed by atoms with E-state index >= 15 is 8.78 Å². The summed E-state index contributed by atoms with van der Waals surface area (Å²) in [4.78, 5) is 0. The third-order valence-corrected chi connectivity index (χ3v) is 7.36. The molecule has 4 rings (SSSR count). The summed E-state index contributed by atoms with van der Waals surface area (Å²) in [7, 11) is 0. The van der Waals surface area contributed by atoms with Crippen molar-refractivity contribution in [2.24, 2.45) is 5.92 Å². The molecule has 3 aromatic carbocycles. The van der Waals surface area contributed by atoms with Gasteiger partial charge in [-0.25, -0.2) is 13.2 Å². The van der Waals surface area contributed by atoms with Crippen LogP contribution in [0.3, 0.4) is 0 Å². The summed E-state index contributed by atoms with van der Waals surface area (Å²) in [5.74, 6) is -4.15. The highest BCUT2D eigenvalue weighted by atomic mass is 19.4. The smallest absolute Gasteiger partial charge is 0.432 e. The van der Waals surface area contributed by atoms with Crippen molar-refractivity contribution in [3.05, 3.63) is 76.6 Å². The molecule has 0 aromatic heterocycles. The zero-order valence-corrected chi connectivity index (χ0v) is 21.8. The van der Waals surface area contributed by atoms with E-state index in [2.05, 4.69) is 31.2 Å². The first-order valence-corrected chi connectivity index (χ1v) is 13.2. The van der Waals surface area contributed by atoms with E-state index in [4.69, 9.17) is 4.74 Å². The Hall–Kier alpha value is -3.28. The number of hydrogen-bond acceptors (Lipinski definition) is 1. The Bertz CT molecular complexity index is 1390. The Kier molecular flexibility index (Phi) is 8.96. The molecule has 0 atom stereocenters. The average Bonchev–Trinajstić information content (AvgIpc) is 2.88. The molecule has 214 valence electrons. The van der Waals surface area contributed by atoms with Crippen molar-refractivity contribution in [2.75, 3.05) is 0 Å². The number of hydrogen-bond donors (Lipinski definition) is 0. The van der Waals surface area contributed by atoms with Gasteiger partial charge in [-0.1, -0.05) is 50.0 Å². The maximum absolute atomic E-state index is 15.1. The van der Waals surface area contributed by atoms with Gasteiger partial charge in [-0.15, -0.1) is 0 Å². The number of alkyl halides is 5. The summed E-state index contributed by atoms with van der Waals surface area (Å²) in [6.07, 6.45) is -2.89. The van der Waals surface area contributed by atoms with E-state index in [9.17, 15) is 26.3 Å². The minimum absolute atomic E-state index is 0.135. The molecular formula is C31H28F8O. The summed E-state index contributed by atoms with van der Waals surface area (Å²) >= 11 is 0. The summed E-state index contributed by atoms with van der Waals surface area (Å²) in [6, 6.07) is 10.1. The third kappa shape index (κ3) is 7.07. The lowest BCUT2D eigenvalue weighted by Gasteiger charge is -2.33. The minimum atomic E-state index is -5.02. The third-order valence-electron chi connectivity index (χ3n) is 7.36. The van der Waals surface area contributed by atoms with Gasteiger partial charge in [-0.2, -0.15) is 22.0 Å². The molecule has 1 saturated carbocycles. The topological polar surface area (TPSA) is 9.23 Å². The largest absolute Gasteiger partial charge is 0.458 e. The first-order valence-electron chi connectivity index (χ1n) is 13.2. The van der Waals surface area contributed by atoms with Crippen LogP contribution in [-0.2, 0) is 6.42 Å². The van der Waals surface area contributed by atoms with Crippen LogP contribution in [0.25, 0.3) is 10.8 Å². The van der Waals surface area contributed by atoms with Crippen molar-refractivity contribution in [2.45, 2.75) is 76.5 Å². The fourth-order valence-electron chi connectivity index (χ4n) is 5.23. The molecule has 1 fully saturated rings. The van der Waals surface area contributed by atoms with Gasteiger partial charge in [0.15, 0.2) is 5.82 Å². The maximum Gasteiger partial charge on any atom is 0.458 e. The van der Waals surface area contributed by atoms with Gasteiger partial charge in [0.2, 0.25) is 0 Å². The number of halogens is 8. The van der Waals surface area contributed by atoms with Crippen LogP contribution < -0.4 is 4.74 Å². The highest BCUT2D eigenvalue weighted by Crippen LogP contribution is 2.44. The molecule has 0 bridgehead atoms. The van der Waals surface area contributed by atoms with Crippen molar-refractivity contribution in [1.29, 1.82) is 0 Å². The Morgan fingerprint density at radius 3 is 2.15 bits per heavy atom. The summed E-state index contributed by atoms with van der Waals surface area (Å²) in [5, 5.41) is -1.36. The van der Waals surface area contributed by atoms with Crippen molar-refractivity contribution in [3.63, 3.8) is 0 Å². The van der Waals surface area contributed by atoms with Gasteiger partial charge in [0.05, 0.1) is 16.9 Å². The minimum Gasteiger partial charge on any atom is -0.432 e. The molecule has 0 N–H and O–H groups in total. The van der Waals surface area contributed by atoms with Crippen LogP contribution in [0.4, 0.5) is 35.1 Å². The second-order valence-corrected chi connectivity index (χ2v) is 10.2. The molecular weight excluding hydrogens is 540 g/mol. The van der Waals surface area contributed by atoms with Gasteiger partial charge in [-0.05, 0) is 73.1 Å². The molecule has 0 radical (unpaired) electrons. The SMILES string of the molecule is CCCCCc1ccc(C2CCC(C(F)(F)Oc3cc(F)c4c(F)c(C#CC(F)(F)F)c(F)cc4c3)CC2)cc1. The predicted molar refractivity (Wildman–Crippen MR) is 137 cm³/mol. The molecule has 1 aliphatic rings. The van der Waals surface area contributed by atoms with Crippen LogP contribution >= 0.6 is 0 Å². The number of rotatable bonds is 8. The molecule has 0 spiro atoms. The molecule has 9 heteroatoms.